The summed E-state index contributed by atoms with van der Waals surface area (Å²) in [5.41, 5.74) is 16.3. The monoisotopic (exact) mass is 509 g/mol. The maximum atomic E-state index is 12.7. The Balaban J connectivity index is 5.08. The molecule has 0 saturated carbocycles. The molecule has 0 aliphatic rings. The highest BCUT2D eigenvalue weighted by molar-refractivity contribution is 7.98. The van der Waals surface area contributed by atoms with Gasteiger partial charge >= 0.3 is 5.97 Å². The topological polar surface area (TPSA) is 235 Å². The van der Waals surface area contributed by atoms with E-state index < -0.39 is 54.0 Å². The molecule has 0 fully saturated rings. The minimum absolute atomic E-state index is 0.0667. The van der Waals surface area contributed by atoms with E-state index in [-0.39, 0.29) is 24.6 Å². The van der Waals surface area contributed by atoms with E-state index in [1.165, 1.54) is 18.7 Å². The summed E-state index contributed by atoms with van der Waals surface area (Å²) in [6.07, 6.45) is 1.38. The number of carboxylic acids is 1. The molecular weight excluding hydrogens is 474 g/mol. The van der Waals surface area contributed by atoms with Crippen molar-refractivity contribution in [2.24, 2.45) is 22.2 Å². The second-order valence-electron chi connectivity index (χ2n) is 7.21. The molecule has 5 atom stereocenters. The third kappa shape index (κ3) is 12.6. The summed E-state index contributed by atoms with van der Waals surface area (Å²) < 4.78 is 0. The van der Waals surface area contributed by atoms with Gasteiger partial charge in [0, 0.05) is 12.3 Å². The molecule has 33 heavy (non-hydrogen) atoms. The minimum Gasteiger partial charge on any atom is -0.480 e. The van der Waals surface area contributed by atoms with Crippen LogP contribution >= 0.6 is 24.4 Å². The zero-order chi connectivity index (χ0) is 25.6. The van der Waals surface area contributed by atoms with Crippen molar-refractivity contribution < 1.29 is 29.4 Å². The van der Waals surface area contributed by atoms with E-state index in [4.69, 9.17) is 22.3 Å². The van der Waals surface area contributed by atoms with Gasteiger partial charge in [0.2, 0.25) is 17.7 Å². The second kappa shape index (κ2) is 16.4. The molecule has 0 aromatic rings. The SMILES string of the molecule is CSCCC(NC(=O)C(CS)NC(=O)C(N)CCCN=C(N)N)C(=O)NC(C(=O)O)C(C)O. The van der Waals surface area contributed by atoms with Crippen molar-refractivity contribution in [2.75, 3.05) is 24.3 Å². The number of aliphatic carboxylic acids is 1. The first-order valence-corrected chi connectivity index (χ1v) is 12.2. The van der Waals surface area contributed by atoms with Crippen molar-refractivity contribution in [3.05, 3.63) is 0 Å². The fourth-order valence-electron chi connectivity index (χ4n) is 2.54. The van der Waals surface area contributed by atoms with Crippen molar-refractivity contribution >= 4 is 54.0 Å². The number of aliphatic hydroxyl groups excluding tert-OH is 1. The molecule has 0 rings (SSSR count). The maximum Gasteiger partial charge on any atom is 0.328 e. The number of carbonyl (C=O) groups excluding carboxylic acids is 3. The Morgan fingerprint density at radius 1 is 1.03 bits per heavy atom. The van der Waals surface area contributed by atoms with Crippen LogP contribution in [0.1, 0.15) is 26.2 Å². The standard InChI is InChI=1S/C18H35N7O6S2/c1-9(26)13(17(30)31)25-15(28)11(5-7-33-2)23-16(29)12(8-32)24-14(27)10(19)4-3-6-22-18(20)21/h9-13,26,32H,3-8,19H2,1-2H3,(H,23,29)(H,24,27)(H,25,28)(H,30,31)(H4,20,21,22). The number of thioether (sulfide) groups is 1. The normalized spacial score (nSPS) is 15.3. The van der Waals surface area contributed by atoms with E-state index in [1.54, 1.807) is 6.26 Å². The Hall–Kier alpha value is -2.23. The number of aliphatic hydroxyl groups is 1. The smallest absolute Gasteiger partial charge is 0.328 e. The lowest BCUT2D eigenvalue weighted by atomic mass is 10.1. The number of nitrogens with zero attached hydrogens (tertiary/aromatic N) is 1. The molecule has 3 amide bonds. The van der Waals surface area contributed by atoms with Crippen molar-refractivity contribution in [1.29, 1.82) is 0 Å². The second-order valence-corrected chi connectivity index (χ2v) is 8.56. The van der Waals surface area contributed by atoms with Crippen LogP contribution in [0.2, 0.25) is 0 Å². The van der Waals surface area contributed by atoms with Gasteiger partial charge in [-0.1, -0.05) is 0 Å². The Kier molecular flexibility index (Phi) is 15.3. The lowest BCUT2D eigenvalue weighted by Gasteiger charge is -2.25. The highest BCUT2D eigenvalue weighted by Gasteiger charge is 2.31. The van der Waals surface area contributed by atoms with Gasteiger partial charge in [-0.25, -0.2) is 4.79 Å². The molecule has 0 aliphatic carbocycles. The van der Waals surface area contributed by atoms with Crippen LogP contribution in [0.5, 0.6) is 0 Å². The summed E-state index contributed by atoms with van der Waals surface area (Å²) in [5, 5.41) is 25.9. The summed E-state index contributed by atoms with van der Waals surface area (Å²) in [4.78, 5) is 52.6. The van der Waals surface area contributed by atoms with E-state index in [9.17, 15) is 24.3 Å². The van der Waals surface area contributed by atoms with Crippen molar-refractivity contribution in [3.8, 4) is 0 Å². The molecule has 15 heteroatoms. The summed E-state index contributed by atoms with van der Waals surface area (Å²) in [6, 6.07) is -4.62. The Morgan fingerprint density at radius 3 is 2.09 bits per heavy atom. The van der Waals surface area contributed by atoms with Crippen molar-refractivity contribution in [3.63, 3.8) is 0 Å². The quantitative estimate of drug-likeness (QED) is 0.0441. The van der Waals surface area contributed by atoms with Crippen LogP contribution in [0, 0.1) is 0 Å². The first-order chi connectivity index (χ1) is 15.4. The number of amides is 3. The van der Waals surface area contributed by atoms with Crippen LogP contribution in [0.25, 0.3) is 0 Å². The number of rotatable bonds is 16. The number of guanidine groups is 1. The average Bonchev–Trinajstić information content (AvgIpc) is 2.74. The van der Waals surface area contributed by atoms with E-state index in [2.05, 4.69) is 33.6 Å². The molecule has 0 bridgehead atoms. The molecule has 11 N–H and O–H groups in total. The summed E-state index contributed by atoms with van der Waals surface area (Å²) in [6.45, 7) is 1.53. The average molecular weight is 510 g/mol. The number of thiol groups is 1. The third-order valence-electron chi connectivity index (χ3n) is 4.41. The van der Waals surface area contributed by atoms with E-state index in [0.29, 0.717) is 18.7 Å². The Bertz CT molecular complexity index is 691. The van der Waals surface area contributed by atoms with Gasteiger partial charge < -0.3 is 43.4 Å². The van der Waals surface area contributed by atoms with Gasteiger partial charge in [-0.15, -0.1) is 0 Å². The van der Waals surface area contributed by atoms with Crippen LogP contribution in [0.15, 0.2) is 4.99 Å². The number of carbonyl (C=O) groups is 4. The molecule has 190 valence electrons. The van der Waals surface area contributed by atoms with Gasteiger partial charge in [-0.3, -0.25) is 19.4 Å². The molecule has 0 aliphatic heterocycles. The number of hydrogen-bond donors (Lipinski definition) is 9. The lowest BCUT2D eigenvalue weighted by molar-refractivity contribution is -0.145. The summed E-state index contributed by atoms with van der Waals surface area (Å²) in [7, 11) is 0. The van der Waals surface area contributed by atoms with Crippen LogP contribution in [0.4, 0.5) is 0 Å². The first kappa shape index (κ1) is 30.8. The number of nitrogens with two attached hydrogens (primary N) is 3. The fourth-order valence-corrected chi connectivity index (χ4v) is 3.27. The number of aliphatic imine (C=N–C) groups is 1. The van der Waals surface area contributed by atoms with Gasteiger partial charge in [0.15, 0.2) is 12.0 Å². The van der Waals surface area contributed by atoms with Gasteiger partial charge in [-0.2, -0.15) is 24.4 Å². The molecule has 0 aromatic carbocycles. The third-order valence-corrected chi connectivity index (χ3v) is 5.42. The molecule has 0 aromatic heterocycles. The fraction of sp³-hybridized carbons (Fsp3) is 0.722. The predicted molar refractivity (Wildman–Crippen MR) is 130 cm³/mol. The summed E-state index contributed by atoms with van der Waals surface area (Å²) in [5.74, 6) is -3.10. The number of carboxylic acid groups (broad SMARTS) is 1. The van der Waals surface area contributed by atoms with Gasteiger partial charge in [-0.05, 0) is 38.2 Å². The zero-order valence-corrected chi connectivity index (χ0v) is 20.4. The van der Waals surface area contributed by atoms with Gasteiger partial charge in [0.05, 0.1) is 12.1 Å². The largest absolute Gasteiger partial charge is 0.480 e. The van der Waals surface area contributed by atoms with Crippen LogP contribution in [0.3, 0.4) is 0 Å². The Morgan fingerprint density at radius 2 is 1.61 bits per heavy atom. The highest BCUT2D eigenvalue weighted by atomic mass is 32.2. The van der Waals surface area contributed by atoms with E-state index >= 15 is 0 Å². The number of nitrogens with one attached hydrogen (secondary N) is 3. The minimum atomic E-state index is -1.54. The summed E-state index contributed by atoms with van der Waals surface area (Å²) >= 11 is 5.51. The highest BCUT2D eigenvalue weighted by Crippen LogP contribution is 2.05. The molecule has 0 spiro atoms. The zero-order valence-electron chi connectivity index (χ0n) is 18.7. The maximum absolute atomic E-state index is 12.7. The van der Waals surface area contributed by atoms with E-state index in [1.807, 2.05) is 0 Å². The number of hydrogen-bond acceptors (Lipinski definition) is 9. The van der Waals surface area contributed by atoms with E-state index in [0.717, 1.165) is 0 Å². The van der Waals surface area contributed by atoms with Crippen LogP contribution < -0.4 is 33.2 Å². The molecular formula is C18H35N7O6S2. The van der Waals surface area contributed by atoms with Crippen molar-refractivity contribution in [2.45, 2.75) is 56.5 Å². The van der Waals surface area contributed by atoms with Gasteiger partial charge in [0.25, 0.3) is 0 Å². The predicted octanol–water partition coefficient (Wildman–Crippen LogP) is -3.03. The van der Waals surface area contributed by atoms with Crippen molar-refractivity contribution in [1.82, 2.24) is 16.0 Å². The van der Waals surface area contributed by atoms with Crippen LogP contribution in [-0.2, 0) is 19.2 Å². The van der Waals surface area contributed by atoms with Crippen LogP contribution in [-0.4, -0.2) is 94.4 Å². The molecule has 0 radical (unpaired) electrons. The molecule has 13 nitrogen and oxygen atoms in total. The Labute approximate surface area is 202 Å². The lowest BCUT2D eigenvalue weighted by Crippen LogP contribution is -2.58. The first-order valence-electron chi connectivity index (χ1n) is 10.2. The molecule has 0 saturated heterocycles. The van der Waals surface area contributed by atoms with Gasteiger partial charge in [0.1, 0.15) is 12.1 Å². The molecule has 0 heterocycles. The molecule has 5 unspecified atom stereocenters.